The fraction of sp³-hybridized carbons (Fsp3) is 0.938. The molecule has 0 aliphatic rings. The van der Waals surface area contributed by atoms with Crippen molar-refractivity contribution in [3.63, 3.8) is 0 Å². The summed E-state index contributed by atoms with van der Waals surface area (Å²) in [4.78, 5) is 37.8. The van der Waals surface area contributed by atoms with Gasteiger partial charge in [-0.05, 0) is 31.1 Å². The van der Waals surface area contributed by atoms with E-state index in [1.54, 1.807) is 0 Å². The first kappa shape index (κ1) is 52.4. The zero-order chi connectivity index (χ0) is 39.7. The minimum absolute atomic E-state index is 0.0653. The van der Waals surface area contributed by atoms with Crippen LogP contribution in [0, 0.1) is 11.8 Å². The van der Waals surface area contributed by atoms with E-state index >= 15 is 0 Å². The molecule has 0 aliphatic carbocycles. The van der Waals surface area contributed by atoms with E-state index in [9.17, 15) is 14.4 Å². The molecule has 0 saturated carbocycles. The van der Waals surface area contributed by atoms with Gasteiger partial charge < -0.3 is 14.2 Å². The maximum Gasteiger partial charge on any atom is 0.306 e. The third kappa shape index (κ3) is 38.7. The van der Waals surface area contributed by atoms with E-state index in [1.165, 1.54) is 148 Å². The monoisotopic (exact) mass is 765 g/mol. The van der Waals surface area contributed by atoms with Crippen molar-refractivity contribution < 1.29 is 28.6 Å². The van der Waals surface area contributed by atoms with E-state index in [1.807, 2.05) is 0 Å². The summed E-state index contributed by atoms with van der Waals surface area (Å²) in [6, 6.07) is 0. The van der Waals surface area contributed by atoms with Crippen LogP contribution in [0.25, 0.3) is 0 Å². The van der Waals surface area contributed by atoms with E-state index in [4.69, 9.17) is 14.2 Å². The lowest BCUT2D eigenvalue weighted by atomic mass is 9.99. The van der Waals surface area contributed by atoms with E-state index in [0.29, 0.717) is 19.3 Å². The van der Waals surface area contributed by atoms with Gasteiger partial charge in [0.15, 0.2) is 6.10 Å². The van der Waals surface area contributed by atoms with Gasteiger partial charge in [0.2, 0.25) is 0 Å². The van der Waals surface area contributed by atoms with Crippen LogP contribution in [0.4, 0.5) is 0 Å². The topological polar surface area (TPSA) is 78.9 Å². The van der Waals surface area contributed by atoms with Crippen LogP contribution >= 0.6 is 0 Å². The number of hydrogen-bond acceptors (Lipinski definition) is 6. The largest absolute Gasteiger partial charge is 0.462 e. The predicted molar refractivity (Wildman–Crippen MR) is 229 cm³/mol. The number of rotatable bonds is 42. The molecule has 2 unspecified atom stereocenters. The first-order valence-electron chi connectivity index (χ1n) is 23.8. The number of esters is 3. The molecule has 0 spiro atoms. The van der Waals surface area contributed by atoms with Crippen LogP contribution in [-0.2, 0) is 28.6 Å². The van der Waals surface area contributed by atoms with Crippen molar-refractivity contribution in [3.8, 4) is 0 Å². The first-order chi connectivity index (χ1) is 26.3. The third-order valence-electron chi connectivity index (χ3n) is 11.4. The summed E-state index contributed by atoms with van der Waals surface area (Å²) in [7, 11) is 0. The van der Waals surface area contributed by atoms with Gasteiger partial charge in [0.25, 0.3) is 0 Å². The normalized spacial score (nSPS) is 13.1. The summed E-state index contributed by atoms with van der Waals surface area (Å²) in [6.45, 7) is 11.3. The van der Waals surface area contributed by atoms with Crippen LogP contribution in [0.3, 0.4) is 0 Å². The Morgan fingerprint density at radius 3 is 0.963 bits per heavy atom. The summed E-state index contributed by atoms with van der Waals surface area (Å²) in [5, 5.41) is 0. The highest BCUT2D eigenvalue weighted by atomic mass is 16.6. The molecule has 0 saturated heterocycles. The Bertz CT molecular complexity index is 828. The number of carbonyl (C=O) groups excluding carboxylic acids is 3. The molecule has 0 heterocycles. The average Bonchev–Trinajstić information content (AvgIpc) is 3.17. The van der Waals surface area contributed by atoms with Crippen LogP contribution < -0.4 is 0 Å². The lowest BCUT2D eigenvalue weighted by Crippen LogP contribution is -2.30. The molecule has 6 heteroatoms. The Hall–Kier alpha value is -1.59. The highest BCUT2D eigenvalue weighted by Gasteiger charge is 2.19. The summed E-state index contributed by atoms with van der Waals surface area (Å²) in [5.41, 5.74) is 0. The van der Waals surface area contributed by atoms with Crippen molar-refractivity contribution in [2.75, 3.05) is 13.2 Å². The summed E-state index contributed by atoms with van der Waals surface area (Å²) in [6.07, 6.45) is 39.4. The Morgan fingerprint density at radius 2 is 0.648 bits per heavy atom. The number of unbranched alkanes of at least 4 members (excludes halogenated alkanes) is 25. The van der Waals surface area contributed by atoms with Gasteiger partial charge in [-0.15, -0.1) is 0 Å². The quantitative estimate of drug-likeness (QED) is 0.0350. The third-order valence-corrected chi connectivity index (χ3v) is 11.4. The first-order valence-corrected chi connectivity index (χ1v) is 23.8. The minimum atomic E-state index is -0.761. The van der Waals surface area contributed by atoms with E-state index in [-0.39, 0.29) is 31.1 Å². The predicted octanol–water partition coefficient (Wildman–Crippen LogP) is 15.0. The molecule has 0 aromatic rings. The molecule has 0 rings (SSSR count). The summed E-state index contributed by atoms with van der Waals surface area (Å²) < 4.78 is 16.7. The highest BCUT2D eigenvalue weighted by molar-refractivity contribution is 5.71. The zero-order valence-corrected chi connectivity index (χ0v) is 36.8. The lowest BCUT2D eigenvalue weighted by Gasteiger charge is -2.18. The molecule has 6 nitrogen and oxygen atoms in total. The van der Waals surface area contributed by atoms with E-state index in [0.717, 1.165) is 69.6 Å². The molecule has 54 heavy (non-hydrogen) atoms. The zero-order valence-electron chi connectivity index (χ0n) is 36.8. The molecule has 0 aromatic carbocycles. The molecule has 0 fully saturated rings. The number of hydrogen-bond donors (Lipinski definition) is 0. The van der Waals surface area contributed by atoms with Gasteiger partial charge >= 0.3 is 17.9 Å². The van der Waals surface area contributed by atoms with Gasteiger partial charge in [-0.3, -0.25) is 14.4 Å². The summed E-state index contributed by atoms with van der Waals surface area (Å²) >= 11 is 0. The highest BCUT2D eigenvalue weighted by Crippen LogP contribution is 2.17. The van der Waals surface area contributed by atoms with Crippen molar-refractivity contribution in [3.05, 3.63) is 0 Å². The molecule has 3 atom stereocenters. The molecule has 0 radical (unpaired) electrons. The molecular weight excluding hydrogens is 673 g/mol. The maximum atomic E-state index is 12.7. The van der Waals surface area contributed by atoms with Gasteiger partial charge in [-0.25, -0.2) is 0 Å². The SMILES string of the molecule is CCCCCCCCCCCCCCCCC(=O)OC[C@H](COC(=O)CCCCCCCCC(C)CC)OC(=O)CCCCCCCCCCC(C)CC. The molecule has 0 N–H and O–H groups in total. The van der Waals surface area contributed by atoms with Crippen LogP contribution in [0.15, 0.2) is 0 Å². The van der Waals surface area contributed by atoms with Crippen molar-refractivity contribution in [2.45, 2.75) is 265 Å². The van der Waals surface area contributed by atoms with Crippen LogP contribution in [0.1, 0.15) is 259 Å². The fourth-order valence-electron chi connectivity index (χ4n) is 7.04. The Kier molecular flexibility index (Phi) is 39.8. The van der Waals surface area contributed by atoms with Gasteiger partial charge in [0, 0.05) is 19.3 Å². The average molecular weight is 765 g/mol. The fourth-order valence-corrected chi connectivity index (χ4v) is 7.04. The molecule has 0 bridgehead atoms. The standard InChI is InChI=1S/C48H92O6/c1-6-9-10-11-12-13-14-15-16-17-18-22-28-33-38-46(49)52-41-45(42-53-47(50)39-34-29-25-24-27-32-37-44(5)8-3)54-48(51)40-35-30-23-20-19-21-26-31-36-43(4)7-2/h43-45H,6-42H2,1-5H3/t43?,44?,45-/m1/s1. The van der Waals surface area contributed by atoms with Gasteiger partial charge in [-0.1, -0.05) is 221 Å². The van der Waals surface area contributed by atoms with Gasteiger partial charge in [-0.2, -0.15) is 0 Å². The number of ether oxygens (including phenoxy) is 3. The van der Waals surface area contributed by atoms with Crippen LogP contribution in [0.5, 0.6) is 0 Å². The molecule has 0 aliphatic heterocycles. The second-order valence-corrected chi connectivity index (χ2v) is 16.9. The molecule has 0 aromatic heterocycles. The van der Waals surface area contributed by atoms with E-state index in [2.05, 4.69) is 34.6 Å². The Labute approximate surface area is 336 Å². The molecule has 320 valence electrons. The Balaban J connectivity index is 4.34. The minimum Gasteiger partial charge on any atom is -0.462 e. The maximum absolute atomic E-state index is 12.7. The van der Waals surface area contributed by atoms with Crippen LogP contribution in [-0.4, -0.2) is 37.2 Å². The van der Waals surface area contributed by atoms with Crippen molar-refractivity contribution in [2.24, 2.45) is 11.8 Å². The molecule has 0 amide bonds. The number of carbonyl (C=O) groups is 3. The van der Waals surface area contributed by atoms with Gasteiger partial charge in [0.1, 0.15) is 13.2 Å². The second kappa shape index (κ2) is 41.1. The van der Waals surface area contributed by atoms with Crippen molar-refractivity contribution in [1.29, 1.82) is 0 Å². The molecular formula is C48H92O6. The smallest absolute Gasteiger partial charge is 0.306 e. The second-order valence-electron chi connectivity index (χ2n) is 16.9. The van der Waals surface area contributed by atoms with E-state index < -0.39 is 6.10 Å². The van der Waals surface area contributed by atoms with Crippen LogP contribution in [0.2, 0.25) is 0 Å². The van der Waals surface area contributed by atoms with Gasteiger partial charge in [0.05, 0.1) is 0 Å². The Morgan fingerprint density at radius 1 is 0.370 bits per heavy atom. The lowest BCUT2D eigenvalue weighted by molar-refractivity contribution is -0.167. The summed E-state index contributed by atoms with van der Waals surface area (Å²) in [5.74, 6) is 0.800. The van der Waals surface area contributed by atoms with Crippen molar-refractivity contribution >= 4 is 17.9 Å². The van der Waals surface area contributed by atoms with Crippen molar-refractivity contribution in [1.82, 2.24) is 0 Å².